The summed E-state index contributed by atoms with van der Waals surface area (Å²) in [6.07, 6.45) is 2.20. The van der Waals surface area contributed by atoms with Gasteiger partial charge in [0.15, 0.2) is 11.6 Å². The Kier molecular flexibility index (Phi) is 5.79. The van der Waals surface area contributed by atoms with Gasteiger partial charge in [0, 0.05) is 45.1 Å². The molecule has 2 fully saturated rings. The maximum atomic E-state index is 13.4. The number of rotatable bonds is 5. The Morgan fingerprint density at radius 1 is 1.26 bits per heavy atom. The number of ether oxygens (including phenoxy) is 1. The minimum absolute atomic E-state index is 0.0119. The normalized spacial score (nSPS) is 20.4. The molecule has 2 amide bonds. The van der Waals surface area contributed by atoms with Gasteiger partial charge in [-0.25, -0.2) is 8.78 Å². The third kappa shape index (κ3) is 4.13. The number of halogens is 2. The van der Waals surface area contributed by atoms with E-state index in [0.29, 0.717) is 38.0 Å². The van der Waals surface area contributed by atoms with E-state index in [-0.39, 0.29) is 23.8 Å². The average Bonchev–Trinajstić information content (AvgIpc) is 2.94. The van der Waals surface area contributed by atoms with Gasteiger partial charge in [-0.15, -0.1) is 0 Å². The molecule has 0 aliphatic carbocycles. The van der Waals surface area contributed by atoms with Gasteiger partial charge in [0.2, 0.25) is 5.91 Å². The Balaban J connectivity index is 1.60. The monoisotopic (exact) mass is 380 g/mol. The van der Waals surface area contributed by atoms with Crippen molar-refractivity contribution in [3.05, 3.63) is 35.4 Å². The number of hydrogen-bond acceptors (Lipinski definition) is 3. The molecule has 1 aromatic rings. The molecule has 2 aliphatic heterocycles. The molecule has 148 valence electrons. The molecule has 1 atom stereocenters. The van der Waals surface area contributed by atoms with Gasteiger partial charge in [-0.2, -0.15) is 0 Å². The molecule has 2 aliphatic rings. The fourth-order valence-corrected chi connectivity index (χ4v) is 4.17. The molecule has 0 bridgehead atoms. The maximum Gasteiger partial charge on any atom is 0.251 e. The zero-order valence-electron chi connectivity index (χ0n) is 15.8. The van der Waals surface area contributed by atoms with E-state index in [1.165, 1.54) is 6.07 Å². The van der Waals surface area contributed by atoms with Gasteiger partial charge in [-0.3, -0.25) is 9.59 Å². The van der Waals surface area contributed by atoms with E-state index >= 15 is 0 Å². The second-order valence-electron chi connectivity index (χ2n) is 7.63. The number of nitrogens with zero attached hydrogens (tertiary/aromatic N) is 2. The highest BCUT2D eigenvalue weighted by atomic mass is 19.2. The first-order valence-corrected chi connectivity index (χ1v) is 9.41. The molecule has 3 rings (SSSR count). The van der Waals surface area contributed by atoms with Crippen LogP contribution in [0.3, 0.4) is 0 Å². The summed E-state index contributed by atoms with van der Waals surface area (Å²) in [6, 6.07) is 3.74. The molecule has 1 aromatic carbocycles. The van der Waals surface area contributed by atoms with Gasteiger partial charge < -0.3 is 14.5 Å². The highest BCUT2D eigenvalue weighted by Crippen LogP contribution is 2.41. The van der Waals surface area contributed by atoms with Gasteiger partial charge in [0.1, 0.15) is 6.10 Å². The molecule has 7 heteroatoms. The number of amides is 2. The van der Waals surface area contributed by atoms with Crippen LogP contribution in [0.15, 0.2) is 18.2 Å². The van der Waals surface area contributed by atoms with E-state index in [9.17, 15) is 18.4 Å². The van der Waals surface area contributed by atoms with Crippen LogP contribution >= 0.6 is 0 Å². The van der Waals surface area contributed by atoms with Gasteiger partial charge in [0.25, 0.3) is 5.91 Å². The lowest BCUT2D eigenvalue weighted by Gasteiger charge is -2.39. The molecule has 27 heavy (non-hydrogen) atoms. The summed E-state index contributed by atoms with van der Waals surface area (Å²) < 4.78 is 31.7. The van der Waals surface area contributed by atoms with Crippen LogP contribution in [-0.4, -0.2) is 54.5 Å². The second kappa shape index (κ2) is 7.92. The van der Waals surface area contributed by atoms with Crippen LogP contribution in [0.25, 0.3) is 0 Å². The molecule has 0 N–H and O–H groups in total. The van der Waals surface area contributed by atoms with Crippen LogP contribution in [0, 0.1) is 17.0 Å². The molecule has 0 saturated carbocycles. The SMILES string of the molecule is CC[C@@H](OC)C(=O)N1CCC2(CC1)CC(=O)N(Cc1ccc(F)c(F)c1)C2. The molecule has 2 saturated heterocycles. The van der Waals surface area contributed by atoms with Crippen molar-refractivity contribution in [3.63, 3.8) is 0 Å². The number of methoxy groups -OCH3 is 1. The van der Waals surface area contributed by atoms with Crippen LogP contribution in [-0.2, 0) is 20.9 Å². The summed E-state index contributed by atoms with van der Waals surface area (Å²) in [5.74, 6) is -1.74. The number of benzene rings is 1. The van der Waals surface area contributed by atoms with Crippen molar-refractivity contribution < 1.29 is 23.1 Å². The van der Waals surface area contributed by atoms with Crippen molar-refractivity contribution >= 4 is 11.8 Å². The van der Waals surface area contributed by atoms with Gasteiger partial charge >= 0.3 is 0 Å². The summed E-state index contributed by atoms with van der Waals surface area (Å²) in [5, 5.41) is 0. The largest absolute Gasteiger partial charge is 0.372 e. The molecule has 1 spiro atoms. The van der Waals surface area contributed by atoms with E-state index in [0.717, 1.165) is 25.0 Å². The standard InChI is InChI=1S/C20H26F2N2O3/c1-3-17(27-2)19(26)23-8-6-20(7-9-23)11-18(25)24(13-20)12-14-4-5-15(21)16(22)10-14/h4-5,10,17H,3,6-9,11-13H2,1-2H3/t17-/m1/s1. The van der Waals surface area contributed by atoms with Crippen molar-refractivity contribution in [1.82, 2.24) is 9.80 Å². The zero-order chi connectivity index (χ0) is 19.6. The smallest absolute Gasteiger partial charge is 0.251 e. The van der Waals surface area contributed by atoms with Crippen LogP contribution in [0.5, 0.6) is 0 Å². The van der Waals surface area contributed by atoms with Crippen molar-refractivity contribution in [2.75, 3.05) is 26.7 Å². The number of piperidine rings is 1. The lowest BCUT2D eigenvalue weighted by Crippen LogP contribution is -2.48. The Bertz CT molecular complexity index is 713. The first kappa shape index (κ1) is 19.7. The van der Waals surface area contributed by atoms with E-state index in [2.05, 4.69) is 0 Å². The zero-order valence-corrected chi connectivity index (χ0v) is 15.8. The Labute approximate surface area is 158 Å². The fourth-order valence-electron chi connectivity index (χ4n) is 4.17. The molecule has 0 aromatic heterocycles. The number of hydrogen-bond donors (Lipinski definition) is 0. The van der Waals surface area contributed by atoms with Crippen molar-refractivity contribution in [2.45, 2.75) is 45.3 Å². The van der Waals surface area contributed by atoms with E-state index in [1.807, 2.05) is 11.8 Å². The average molecular weight is 380 g/mol. The van der Waals surface area contributed by atoms with Crippen LogP contribution in [0.4, 0.5) is 8.78 Å². The summed E-state index contributed by atoms with van der Waals surface area (Å²) >= 11 is 0. The highest BCUT2D eigenvalue weighted by Gasteiger charge is 2.45. The predicted octanol–water partition coefficient (Wildman–Crippen LogP) is 2.73. The Morgan fingerprint density at radius 2 is 1.96 bits per heavy atom. The topological polar surface area (TPSA) is 49.9 Å². The van der Waals surface area contributed by atoms with Crippen LogP contribution < -0.4 is 0 Å². The van der Waals surface area contributed by atoms with Crippen LogP contribution in [0.2, 0.25) is 0 Å². The summed E-state index contributed by atoms with van der Waals surface area (Å²) in [4.78, 5) is 28.5. The predicted molar refractivity (Wildman–Crippen MR) is 95.7 cm³/mol. The minimum atomic E-state index is -0.899. The van der Waals surface area contributed by atoms with Crippen molar-refractivity contribution in [3.8, 4) is 0 Å². The quantitative estimate of drug-likeness (QED) is 0.789. The molecule has 5 nitrogen and oxygen atoms in total. The van der Waals surface area contributed by atoms with Gasteiger partial charge in [-0.05, 0) is 37.0 Å². The minimum Gasteiger partial charge on any atom is -0.372 e. The van der Waals surface area contributed by atoms with Crippen molar-refractivity contribution in [1.29, 1.82) is 0 Å². The van der Waals surface area contributed by atoms with E-state index < -0.39 is 17.7 Å². The van der Waals surface area contributed by atoms with Crippen LogP contribution in [0.1, 0.15) is 38.2 Å². The number of carbonyl (C=O) groups excluding carboxylic acids is 2. The summed E-state index contributed by atoms with van der Waals surface area (Å²) in [6.45, 7) is 4.02. The van der Waals surface area contributed by atoms with E-state index in [4.69, 9.17) is 4.74 Å². The lowest BCUT2D eigenvalue weighted by molar-refractivity contribution is -0.144. The fraction of sp³-hybridized carbons (Fsp3) is 0.600. The maximum absolute atomic E-state index is 13.4. The lowest BCUT2D eigenvalue weighted by atomic mass is 9.77. The third-order valence-corrected chi connectivity index (χ3v) is 5.83. The highest BCUT2D eigenvalue weighted by molar-refractivity contribution is 5.81. The van der Waals surface area contributed by atoms with Gasteiger partial charge in [-0.1, -0.05) is 13.0 Å². The first-order chi connectivity index (χ1) is 12.9. The van der Waals surface area contributed by atoms with E-state index in [1.54, 1.807) is 12.0 Å². The molecular weight excluding hydrogens is 354 g/mol. The molecule has 0 unspecified atom stereocenters. The first-order valence-electron chi connectivity index (χ1n) is 9.41. The molecular formula is C20H26F2N2O3. The Hall–Kier alpha value is -2.02. The number of likely N-dealkylation sites (tertiary alicyclic amines) is 2. The Morgan fingerprint density at radius 3 is 2.56 bits per heavy atom. The molecule has 0 radical (unpaired) electrons. The van der Waals surface area contributed by atoms with Gasteiger partial charge in [0.05, 0.1) is 0 Å². The number of carbonyl (C=O) groups is 2. The van der Waals surface area contributed by atoms with Crippen molar-refractivity contribution in [2.24, 2.45) is 5.41 Å². The second-order valence-corrected chi connectivity index (χ2v) is 7.63. The summed E-state index contributed by atoms with van der Waals surface area (Å²) in [7, 11) is 1.54. The molecule has 2 heterocycles. The summed E-state index contributed by atoms with van der Waals surface area (Å²) in [5.41, 5.74) is 0.444. The third-order valence-electron chi connectivity index (χ3n) is 5.83.